The van der Waals surface area contributed by atoms with Gasteiger partial charge in [-0.15, -0.1) is 0 Å². The number of benzene rings is 1. The largest absolute Gasteiger partial charge is 0.381 e. The van der Waals surface area contributed by atoms with Crippen LogP contribution in [0.25, 0.3) is 0 Å². The van der Waals surface area contributed by atoms with Gasteiger partial charge in [0.2, 0.25) is 0 Å². The SMILES string of the molecule is CN=C(NCC1(NC(C)c2ccccc2)CCOCC1)NC1CC=CC1. The molecule has 2 aliphatic rings. The maximum absolute atomic E-state index is 5.63. The molecule has 142 valence electrons. The van der Waals surface area contributed by atoms with E-state index in [-0.39, 0.29) is 5.54 Å². The number of nitrogens with zero attached hydrogens (tertiary/aromatic N) is 1. The van der Waals surface area contributed by atoms with Crippen LogP contribution in [0.3, 0.4) is 0 Å². The van der Waals surface area contributed by atoms with E-state index in [2.05, 4.69) is 70.4 Å². The molecule has 1 atom stereocenters. The third kappa shape index (κ3) is 5.08. The molecule has 0 radical (unpaired) electrons. The van der Waals surface area contributed by atoms with Gasteiger partial charge in [0.25, 0.3) is 0 Å². The molecule has 1 aromatic rings. The van der Waals surface area contributed by atoms with E-state index in [0.29, 0.717) is 12.1 Å². The molecule has 1 aliphatic heterocycles. The van der Waals surface area contributed by atoms with Gasteiger partial charge in [-0.1, -0.05) is 42.5 Å². The van der Waals surface area contributed by atoms with Crippen LogP contribution >= 0.6 is 0 Å². The lowest BCUT2D eigenvalue weighted by Gasteiger charge is -2.41. The van der Waals surface area contributed by atoms with Gasteiger partial charge >= 0.3 is 0 Å². The molecule has 0 amide bonds. The van der Waals surface area contributed by atoms with Crippen LogP contribution in [-0.4, -0.2) is 44.3 Å². The van der Waals surface area contributed by atoms with Gasteiger partial charge in [0.15, 0.2) is 5.96 Å². The van der Waals surface area contributed by atoms with Crippen LogP contribution in [0.15, 0.2) is 47.5 Å². The highest BCUT2D eigenvalue weighted by Crippen LogP contribution is 2.25. The Bertz CT molecular complexity index is 600. The Kier molecular flexibility index (Phi) is 6.69. The zero-order chi connectivity index (χ0) is 18.2. The van der Waals surface area contributed by atoms with E-state index in [1.807, 2.05) is 7.05 Å². The van der Waals surface area contributed by atoms with E-state index in [1.54, 1.807) is 0 Å². The van der Waals surface area contributed by atoms with Gasteiger partial charge in [-0.3, -0.25) is 4.99 Å². The molecule has 3 N–H and O–H groups in total. The molecule has 1 heterocycles. The average Bonchev–Trinajstić information content (AvgIpc) is 3.20. The lowest BCUT2D eigenvalue weighted by atomic mass is 9.88. The molecule has 1 unspecified atom stereocenters. The van der Waals surface area contributed by atoms with Gasteiger partial charge in [-0.25, -0.2) is 0 Å². The lowest BCUT2D eigenvalue weighted by Crippen LogP contribution is -2.58. The minimum atomic E-state index is 0.0130. The maximum Gasteiger partial charge on any atom is 0.191 e. The number of hydrogen-bond acceptors (Lipinski definition) is 3. The average molecular weight is 357 g/mol. The van der Waals surface area contributed by atoms with Crippen molar-refractivity contribution in [1.82, 2.24) is 16.0 Å². The van der Waals surface area contributed by atoms with E-state index < -0.39 is 0 Å². The van der Waals surface area contributed by atoms with Crippen LogP contribution in [0.4, 0.5) is 0 Å². The number of nitrogens with one attached hydrogen (secondary N) is 3. The fourth-order valence-corrected chi connectivity index (χ4v) is 3.79. The van der Waals surface area contributed by atoms with Gasteiger partial charge in [-0.05, 0) is 38.2 Å². The van der Waals surface area contributed by atoms with Crippen LogP contribution in [0.5, 0.6) is 0 Å². The molecule has 0 bridgehead atoms. The summed E-state index contributed by atoms with van der Waals surface area (Å²) in [6.07, 6.45) is 8.60. The highest BCUT2D eigenvalue weighted by atomic mass is 16.5. The highest BCUT2D eigenvalue weighted by Gasteiger charge is 2.34. The monoisotopic (exact) mass is 356 g/mol. The summed E-state index contributed by atoms with van der Waals surface area (Å²) in [5, 5.41) is 11.0. The van der Waals surface area contributed by atoms with Crippen LogP contribution in [0.2, 0.25) is 0 Å². The minimum absolute atomic E-state index is 0.0130. The quantitative estimate of drug-likeness (QED) is 0.417. The summed E-state index contributed by atoms with van der Waals surface area (Å²) in [5.41, 5.74) is 1.33. The number of ether oxygens (including phenoxy) is 1. The van der Waals surface area contributed by atoms with Crippen molar-refractivity contribution < 1.29 is 4.74 Å². The first-order valence-electron chi connectivity index (χ1n) is 9.73. The zero-order valence-corrected chi connectivity index (χ0v) is 16.0. The number of hydrogen-bond donors (Lipinski definition) is 3. The van der Waals surface area contributed by atoms with Crippen molar-refractivity contribution in [2.24, 2.45) is 4.99 Å². The number of aliphatic imine (C=N–C) groups is 1. The topological polar surface area (TPSA) is 57.7 Å². The van der Waals surface area contributed by atoms with Crippen molar-refractivity contribution in [2.45, 2.75) is 50.2 Å². The summed E-state index contributed by atoms with van der Waals surface area (Å²) in [5.74, 6) is 0.888. The molecule has 0 spiro atoms. The number of rotatable bonds is 6. The van der Waals surface area contributed by atoms with Gasteiger partial charge in [0.1, 0.15) is 0 Å². The molecule has 0 aromatic heterocycles. The first-order valence-corrected chi connectivity index (χ1v) is 9.73. The third-order valence-electron chi connectivity index (χ3n) is 5.44. The van der Waals surface area contributed by atoms with E-state index in [0.717, 1.165) is 51.4 Å². The lowest BCUT2D eigenvalue weighted by molar-refractivity contribution is 0.0354. The van der Waals surface area contributed by atoms with Crippen LogP contribution < -0.4 is 16.0 Å². The van der Waals surface area contributed by atoms with E-state index >= 15 is 0 Å². The molecular weight excluding hydrogens is 324 g/mol. The predicted molar refractivity (Wildman–Crippen MR) is 107 cm³/mol. The Balaban J connectivity index is 1.61. The summed E-state index contributed by atoms with van der Waals surface area (Å²) >= 11 is 0. The molecule has 5 nitrogen and oxygen atoms in total. The molecule has 0 saturated carbocycles. The van der Waals surface area contributed by atoms with Crippen molar-refractivity contribution in [1.29, 1.82) is 0 Å². The van der Waals surface area contributed by atoms with E-state index in [1.165, 1.54) is 5.56 Å². The highest BCUT2D eigenvalue weighted by molar-refractivity contribution is 5.80. The van der Waals surface area contributed by atoms with Crippen molar-refractivity contribution in [3.63, 3.8) is 0 Å². The summed E-state index contributed by atoms with van der Waals surface area (Å²) in [6, 6.07) is 11.4. The molecule has 1 saturated heterocycles. The van der Waals surface area contributed by atoms with Gasteiger partial charge in [0, 0.05) is 44.4 Å². The molecule has 1 fully saturated rings. The Morgan fingerprint density at radius 3 is 2.54 bits per heavy atom. The molecular formula is C21H32N4O. The minimum Gasteiger partial charge on any atom is -0.381 e. The van der Waals surface area contributed by atoms with Gasteiger partial charge < -0.3 is 20.7 Å². The van der Waals surface area contributed by atoms with Gasteiger partial charge in [0.05, 0.1) is 0 Å². The Morgan fingerprint density at radius 1 is 1.19 bits per heavy atom. The van der Waals surface area contributed by atoms with E-state index in [9.17, 15) is 0 Å². The Morgan fingerprint density at radius 2 is 1.88 bits per heavy atom. The standard InChI is InChI=1S/C21H32N4O/c1-17(18-8-4-3-5-9-18)25-21(12-14-26-15-13-21)16-23-20(22-2)24-19-10-6-7-11-19/h3-9,17,19,25H,10-16H2,1-2H3,(H2,22,23,24). The molecule has 5 heteroatoms. The Hall–Kier alpha value is -1.85. The first-order chi connectivity index (χ1) is 12.7. The van der Waals surface area contributed by atoms with Crippen molar-refractivity contribution in [3.05, 3.63) is 48.0 Å². The summed E-state index contributed by atoms with van der Waals surface area (Å²) in [4.78, 5) is 4.41. The summed E-state index contributed by atoms with van der Waals surface area (Å²) < 4.78 is 5.63. The van der Waals surface area contributed by atoms with Crippen LogP contribution in [-0.2, 0) is 4.74 Å². The Labute approximate surface area is 157 Å². The normalized spacial score (nSPS) is 21.5. The molecule has 1 aromatic carbocycles. The fraction of sp³-hybridized carbons (Fsp3) is 0.571. The molecule has 1 aliphatic carbocycles. The fourth-order valence-electron chi connectivity index (χ4n) is 3.79. The van der Waals surface area contributed by atoms with Crippen molar-refractivity contribution >= 4 is 5.96 Å². The smallest absolute Gasteiger partial charge is 0.191 e. The summed E-state index contributed by atoms with van der Waals surface area (Å²) in [7, 11) is 1.84. The van der Waals surface area contributed by atoms with Crippen LogP contribution in [0, 0.1) is 0 Å². The second-order valence-electron chi connectivity index (χ2n) is 7.38. The van der Waals surface area contributed by atoms with Crippen molar-refractivity contribution in [3.8, 4) is 0 Å². The second-order valence-corrected chi connectivity index (χ2v) is 7.38. The zero-order valence-electron chi connectivity index (χ0n) is 16.0. The number of guanidine groups is 1. The van der Waals surface area contributed by atoms with Crippen LogP contribution in [0.1, 0.15) is 44.2 Å². The predicted octanol–water partition coefficient (Wildman–Crippen LogP) is 2.77. The third-order valence-corrected chi connectivity index (χ3v) is 5.44. The van der Waals surface area contributed by atoms with Crippen molar-refractivity contribution in [2.75, 3.05) is 26.8 Å². The first kappa shape index (κ1) is 18.9. The molecule has 3 rings (SSSR count). The van der Waals surface area contributed by atoms with Gasteiger partial charge in [-0.2, -0.15) is 0 Å². The maximum atomic E-state index is 5.63. The van der Waals surface area contributed by atoms with E-state index in [4.69, 9.17) is 4.74 Å². The summed E-state index contributed by atoms with van der Waals surface area (Å²) in [6.45, 7) is 4.68. The molecule has 26 heavy (non-hydrogen) atoms. The second kappa shape index (κ2) is 9.19.